The number of rotatable bonds is 3. The molecule has 3 N–H and O–H groups in total. The maximum Gasteiger partial charge on any atom is 0.512 e. The van der Waals surface area contributed by atoms with Gasteiger partial charge in [-0.05, 0) is 18.2 Å². The number of anilines is 1. The highest BCUT2D eigenvalue weighted by atomic mass is 16.7. The van der Waals surface area contributed by atoms with Gasteiger partial charge < -0.3 is 20.3 Å². The monoisotopic (exact) mass is 246 g/mol. The lowest BCUT2D eigenvalue weighted by atomic mass is 10.3. The number of hydrogen-bond donors (Lipinski definition) is 2. The van der Waals surface area contributed by atoms with Crippen LogP contribution in [-0.4, -0.2) is 16.2 Å². The van der Waals surface area contributed by atoms with Gasteiger partial charge in [0.15, 0.2) is 0 Å². The minimum atomic E-state index is -1.43. The third-order valence-electron chi connectivity index (χ3n) is 1.99. The minimum absolute atomic E-state index is 0.0519. The smallest absolute Gasteiger partial charge is 0.457 e. The number of hydrogen-bond acceptors (Lipinski definition) is 5. The predicted octanol–water partition coefficient (Wildman–Crippen LogP) is 2.51. The van der Waals surface area contributed by atoms with Crippen molar-refractivity contribution in [2.75, 3.05) is 5.73 Å². The van der Waals surface area contributed by atoms with Gasteiger partial charge in [0.2, 0.25) is 5.88 Å². The fourth-order valence-corrected chi connectivity index (χ4v) is 1.31. The van der Waals surface area contributed by atoms with Gasteiger partial charge in [0.25, 0.3) is 0 Å². The predicted molar refractivity (Wildman–Crippen MR) is 63.8 cm³/mol. The molecule has 6 nitrogen and oxygen atoms in total. The van der Waals surface area contributed by atoms with Gasteiger partial charge in [-0.25, -0.2) is 9.78 Å². The van der Waals surface area contributed by atoms with Crippen LogP contribution in [-0.2, 0) is 0 Å². The molecule has 1 aromatic carbocycles. The first-order chi connectivity index (χ1) is 8.63. The molecule has 2 aromatic rings. The van der Waals surface area contributed by atoms with Crippen LogP contribution in [0.15, 0.2) is 42.6 Å². The molecule has 0 atom stereocenters. The average molecular weight is 246 g/mol. The summed E-state index contributed by atoms with van der Waals surface area (Å²) in [4.78, 5) is 14.1. The first-order valence-corrected chi connectivity index (χ1v) is 5.04. The van der Waals surface area contributed by atoms with Crippen LogP contribution < -0.4 is 15.2 Å². The molecule has 0 saturated carbocycles. The van der Waals surface area contributed by atoms with Crippen LogP contribution in [0.4, 0.5) is 10.5 Å². The van der Waals surface area contributed by atoms with Crippen molar-refractivity contribution in [2.24, 2.45) is 0 Å². The van der Waals surface area contributed by atoms with Gasteiger partial charge >= 0.3 is 6.16 Å². The van der Waals surface area contributed by atoms with Crippen molar-refractivity contribution in [3.63, 3.8) is 0 Å². The Morgan fingerprint density at radius 1 is 1.22 bits per heavy atom. The second-order valence-electron chi connectivity index (χ2n) is 3.37. The normalized spacial score (nSPS) is 9.78. The van der Waals surface area contributed by atoms with E-state index in [1.807, 2.05) is 0 Å². The number of nitrogens with two attached hydrogens (primary N) is 1. The molecule has 0 aliphatic heterocycles. The second-order valence-corrected chi connectivity index (χ2v) is 3.37. The molecule has 0 aliphatic rings. The highest BCUT2D eigenvalue weighted by Crippen LogP contribution is 2.24. The lowest BCUT2D eigenvalue weighted by Gasteiger charge is -2.06. The minimum Gasteiger partial charge on any atom is -0.457 e. The SMILES string of the molecule is Nc1cccc(Oc2ccnc(OC(=O)O)c2)c1. The molecule has 0 saturated heterocycles. The molecule has 0 aliphatic carbocycles. The maximum absolute atomic E-state index is 10.4. The van der Waals surface area contributed by atoms with Crippen LogP contribution in [0.2, 0.25) is 0 Å². The maximum atomic E-state index is 10.4. The number of carbonyl (C=O) groups is 1. The van der Waals surface area contributed by atoms with Crippen molar-refractivity contribution in [1.29, 1.82) is 0 Å². The molecule has 0 spiro atoms. The summed E-state index contributed by atoms with van der Waals surface area (Å²) >= 11 is 0. The molecule has 0 fully saturated rings. The molecule has 18 heavy (non-hydrogen) atoms. The van der Waals surface area contributed by atoms with Gasteiger partial charge in [-0.3, -0.25) is 0 Å². The summed E-state index contributed by atoms with van der Waals surface area (Å²) in [6.45, 7) is 0. The number of pyridine rings is 1. The van der Waals surface area contributed by atoms with Crippen molar-refractivity contribution in [1.82, 2.24) is 4.98 Å². The van der Waals surface area contributed by atoms with Gasteiger partial charge in [-0.2, -0.15) is 0 Å². The van der Waals surface area contributed by atoms with Crippen molar-refractivity contribution in [3.05, 3.63) is 42.6 Å². The Hall–Kier alpha value is -2.76. The van der Waals surface area contributed by atoms with E-state index in [4.69, 9.17) is 15.6 Å². The number of nitrogens with zero attached hydrogens (tertiary/aromatic N) is 1. The Labute approximate surface area is 103 Å². The molecule has 0 bridgehead atoms. The fraction of sp³-hybridized carbons (Fsp3) is 0. The van der Waals surface area contributed by atoms with Crippen LogP contribution in [0, 0.1) is 0 Å². The Balaban J connectivity index is 2.16. The van der Waals surface area contributed by atoms with Crippen LogP contribution in [0.25, 0.3) is 0 Å². The largest absolute Gasteiger partial charge is 0.512 e. The van der Waals surface area contributed by atoms with E-state index in [1.165, 1.54) is 12.3 Å². The Morgan fingerprint density at radius 3 is 2.72 bits per heavy atom. The standard InChI is InChI=1S/C12H10N2O4/c13-8-2-1-3-9(6-8)17-10-4-5-14-11(7-10)18-12(15)16/h1-7H,13H2,(H,15,16). The molecule has 1 aromatic heterocycles. The van der Waals surface area contributed by atoms with E-state index in [0.29, 0.717) is 17.2 Å². The number of benzene rings is 1. The number of nitrogen functional groups attached to an aromatic ring is 1. The van der Waals surface area contributed by atoms with Crippen LogP contribution >= 0.6 is 0 Å². The van der Waals surface area contributed by atoms with Gasteiger partial charge in [0.1, 0.15) is 11.5 Å². The molecule has 0 unspecified atom stereocenters. The lowest BCUT2D eigenvalue weighted by Crippen LogP contribution is -2.04. The van der Waals surface area contributed by atoms with E-state index in [1.54, 1.807) is 30.3 Å². The summed E-state index contributed by atoms with van der Waals surface area (Å²) in [5.41, 5.74) is 6.19. The van der Waals surface area contributed by atoms with E-state index in [-0.39, 0.29) is 5.88 Å². The summed E-state index contributed by atoms with van der Waals surface area (Å²) in [5, 5.41) is 8.46. The van der Waals surface area contributed by atoms with E-state index >= 15 is 0 Å². The Bertz CT molecular complexity index is 572. The van der Waals surface area contributed by atoms with Crippen molar-refractivity contribution >= 4 is 11.8 Å². The van der Waals surface area contributed by atoms with E-state index in [2.05, 4.69) is 9.72 Å². The van der Waals surface area contributed by atoms with Crippen LogP contribution in [0.3, 0.4) is 0 Å². The van der Waals surface area contributed by atoms with Crippen molar-refractivity contribution in [3.8, 4) is 17.4 Å². The van der Waals surface area contributed by atoms with E-state index in [9.17, 15) is 4.79 Å². The Morgan fingerprint density at radius 2 is 2.00 bits per heavy atom. The average Bonchev–Trinajstić information content (AvgIpc) is 2.28. The summed E-state index contributed by atoms with van der Waals surface area (Å²) in [7, 11) is 0. The van der Waals surface area contributed by atoms with Gasteiger partial charge in [0.05, 0.1) is 0 Å². The second kappa shape index (κ2) is 5.05. The molecule has 2 rings (SSSR count). The van der Waals surface area contributed by atoms with Crippen LogP contribution in [0.1, 0.15) is 0 Å². The van der Waals surface area contributed by atoms with Gasteiger partial charge in [-0.15, -0.1) is 0 Å². The lowest BCUT2D eigenvalue weighted by molar-refractivity contribution is 0.142. The van der Waals surface area contributed by atoms with E-state index < -0.39 is 6.16 Å². The molecular weight excluding hydrogens is 236 g/mol. The summed E-state index contributed by atoms with van der Waals surface area (Å²) in [5.74, 6) is 0.901. The molecular formula is C12H10N2O4. The van der Waals surface area contributed by atoms with Gasteiger partial charge in [0, 0.05) is 24.0 Å². The number of carboxylic acid groups (broad SMARTS) is 1. The molecule has 1 heterocycles. The van der Waals surface area contributed by atoms with E-state index in [0.717, 1.165) is 0 Å². The first kappa shape index (κ1) is 11.7. The highest BCUT2D eigenvalue weighted by Gasteiger charge is 2.05. The molecule has 0 amide bonds. The molecule has 92 valence electrons. The molecule has 0 radical (unpaired) electrons. The third kappa shape index (κ3) is 3.11. The molecule has 6 heteroatoms. The zero-order valence-electron chi connectivity index (χ0n) is 9.24. The number of ether oxygens (including phenoxy) is 2. The zero-order valence-corrected chi connectivity index (χ0v) is 9.24. The van der Waals surface area contributed by atoms with Crippen molar-refractivity contribution < 1.29 is 19.4 Å². The quantitative estimate of drug-likeness (QED) is 0.638. The third-order valence-corrected chi connectivity index (χ3v) is 1.99. The summed E-state index contributed by atoms with van der Waals surface area (Å²) < 4.78 is 9.91. The highest BCUT2D eigenvalue weighted by molar-refractivity contribution is 5.60. The Kier molecular flexibility index (Phi) is 3.29. The summed E-state index contributed by atoms with van der Waals surface area (Å²) in [6, 6.07) is 9.82. The first-order valence-electron chi connectivity index (χ1n) is 5.04. The van der Waals surface area contributed by atoms with Crippen LogP contribution in [0.5, 0.6) is 17.4 Å². The topological polar surface area (TPSA) is 94.7 Å². The van der Waals surface area contributed by atoms with Gasteiger partial charge in [-0.1, -0.05) is 6.07 Å². The number of aromatic nitrogens is 1. The fourth-order valence-electron chi connectivity index (χ4n) is 1.31. The summed E-state index contributed by atoms with van der Waals surface area (Å²) in [6.07, 6.45) is -0.0384. The van der Waals surface area contributed by atoms with Crippen molar-refractivity contribution in [2.45, 2.75) is 0 Å². The zero-order chi connectivity index (χ0) is 13.0.